The second-order valence-corrected chi connectivity index (χ2v) is 4.81. The van der Waals surface area contributed by atoms with Gasteiger partial charge in [0.1, 0.15) is 5.82 Å². The summed E-state index contributed by atoms with van der Waals surface area (Å²) in [6.07, 6.45) is 3.23. The molecular weight excluding hydrogens is 240 g/mol. The zero-order chi connectivity index (χ0) is 13.7. The Hall–Kier alpha value is -1.65. The van der Waals surface area contributed by atoms with Gasteiger partial charge in [0.2, 0.25) is 0 Å². The molecule has 0 saturated heterocycles. The number of imidazole rings is 1. The molecule has 1 unspecified atom stereocenters. The molecule has 0 bridgehead atoms. The average molecular weight is 260 g/mol. The Labute approximate surface area is 113 Å². The molecule has 0 aliphatic heterocycles. The number of nitrogens with zero attached hydrogens (tertiary/aromatic N) is 2. The van der Waals surface area contributed by atoms with E-state index in [0.717, 1.165) is 11.4 Å². The first-order valence-corrected chi connectivity index (χ1v) is 6.53. The van der Waals surface area contributed by atoms with Crippen molar-refractivity contribution >= 4 is 0 Å². The fourth-order valence-corrected chi connectivity index (χ4v) is 1.89. The van der Waals surface area contributed by atoms with Crippen molar-refractivity contribution in [1.29, 1.82) is 0 Å². The number of hydrogen-bond acceptors (Lipinski definition) is 3. The van der Waals surface area contributed by atoms with Gasteiger partial charge in [-0.25, -0.2) is 4.98 Å². The van der Waals surface area contributed by atoms with Crippen LogP contribution in [0, 0.1) is 0 Å². The van der Waals surface area contributed by atoms with Gasteiger partial charge in [0.25, 0.3) is 0 Å². The molecule has 2 rings (SSSR count). The maximum absolute atomic E-state index is 9.97. The summed E-state index contributed by atoms with van der Waals surface area (Å²) in [6.45, 7) is 4.74. The van der Waals surface area contributed by atoms with E-state index in [0.29, 0.717) is 13.2 Å². The second kappa shape index (κ2) is 6.50. The van der Waals surface area contributed by atoms with Gasteiger partial charge in [-0.3, -0.25) is 0 Å². The van der Waals surface area contributed by atoms with E-state index in [1.165, 1.54) is 0 Å². The fourth-order valence-electron chi connectivity index (χ4n) is 1.89. The van der Waals surface area contributed by atoms with Crippen molar-refractivity contribution in [3.8, 4) is 11.4 Å². The smallest absolute Gasteiger partial charge is 0.139 e. The summed E-state index contributed by atoms with van der Waals surface area (Å²) in [7, 11) is 0. The molecule has 1 aromatic heterocycles. The second-order valence-electron chi connectivity index (χ2n) is 4.81. The molecule has 1 heterocycles. The maximum Gasteiger partial charge on any atom is 0.139 e. The lowest BCUT2D eigenvalue weighted by Gasteiger charge is -2.15. The summed E-state index contributed by atoms with van der Waals surface area (Å²) >= 11 is 0. The van der Waals surface area contributed by atoms with E-state index in [1.807, 2.05) is 54.9 Å². The van der Waals surface area contributed by atoms with Crippen LogP contribution in [-0.4, -0.2) is 33.5 Å². The average Bonchev–Trinajstić information content (AvgIpc) is 2.85. The van der Waals surface area contributed by atoms with Gasteiger partial charge < -0.3 is 14.4 Å². The quantitative estimate of drug-likeness (QED) is 0.867. The van der Waals surface area contributed by atoms with Crippen molar-refractivity contribution < 1.29 is 9.84 Å². The number of aromatic nitrogens is 2. The van der Waals surface area contributed by atoms with E-state index < -0.39 is 6.10 Å². The molecule has 0 spiro atoms. The summed E-state index contributed by atoms with van der Waals surface area (Å²) in [5, 5.41) is 9.97. The summed E-state index contributed by atoms with van der Waals surface area (Å²) < 4.78 is 7.36. The van der Waals surface area contributed by atoms with Crippen molar-refractivity contribution in [2.24, 2.45) is 0 Å². The Bertz CT molecular complexity index is 494. The van der Waals surface area contributed by atoms with Gasteiger partial charge in [-0.1, -0.05) is 30.3 Å². The summed E-state index contributed by atoms with van der Waals surface area (Å²) in [5.74, 6) is 0.865. The number of aliphatic hydroxyl groups is 1. The van der Waals surface area contributed by atoms with Gasteiger partial charge in [0, 0.05) is 18.0 Å². The predicted molar refractivity (Wildman–Crippen MR) is 74.8 cm³/mol. The molecule has 0 aliphatic carbocycles. The molecule has 19 heavy (non-hydrogen) atoms. The molecule has 1 atom stereocenters. The number of hydrogen-bond donors (Lipinski definition) is 1. The molecule has 1 aromatic carbocycles. The third kappa shape index (κ3) is 3.91. The van der Waals surface area contributed by atoms with E-state index in [1.54, 1.807) is 6.20 Å². The van der Waals surface area contributed by atoms with E-state index in [4.69, 9.17) is 4.74 Å². The van der Waals surface area contributed by atoms with Gasteiger partial charge in [-0.2, -0.15) is 0 Å². The number of benzene rings is 1. The first kappa shape index (κ1) is 13.8. The standard InChI is InChI=1S/C15H20N2O2/c1-12(2)19-11-14(18)10-17-9-8-16-15(17)13-6-4-3-5-7-13/h3-9,12,14,18H,10-11H2,1-2H3. The molecule has 102 valence electrons. The van der Waals surface area contributed by atoms with Crippen LogP contribution < -0.4 is 0 Å². The molecule has 4 nitrogen and oxygen atoms in total. The van der Waals surface area contributed by atoms with Crippen LogP contribution in [0.2, 0.25) is 0 Å². The fraction of sp³-hybridized carbons (Fsp3) is 0.400. The lowest BCUT2D eigenvalue weighted by molar-refractivity contribution is -0.000531. The molecular formula is C15H20N2O2. The minimum Gasteiger partial charge on any atom is -0.389 e. The van der Waals surface area contributed by atoms with E-state index >= 15 is 0 Å². The van der Waals surface area contributed by atoms with Crippen LogP contribution in [0.15, 0.2) is 42.7 Å². The summed E-state index contributed by atoms with van der Waals surface area (Å²) in [6, 6.07) is 9.95. The van der Waals surface area contributed by atoms with E-state index in [-0.39, 0.29) is 6.10 Å². The third-order valence-electron chi connectivity index (χ3n) is 2.78. The van der Waals surface area contributed by atoms with Crippen molar-refractivity contribution in [3.63, 3.8) is 0 Å². The molecule has 0 radical (unpaired) electrons. The van der Waals surface area contributed by atoms with Crippen molar-refractivity contribution in [1.82, 2.24) is 9.55 Å². The highest BCUT2D eigenvalue weighted by atomic mass is 16.5. The number of ether oxygens (including phenoxy) is 1. The van der Waals surface area contributed by atoms with Gasteiger partial charge in [0.05, 0.1) is 25.4 Å². The number of aliphatic hydroxyl groups excluding tert-OH is 1. The SMILES string of the molecule is CC(C)OCC(O)Cn1ccnc1-c1ccccc1. The van der Waals surface area contributed by atoms with E-state index in [2.05, 4.69) is 4.98 Å². The highest BCUT2D eigenvalue weighted by Gasteiger charge is 2.11. The highest BCUT2D eigenvalue weighted by molar-refractivity contribution is 5.55. The van der Waals surface area contributed by atoms with Crippen molar-refractivity contribution in [3.05, 3.63) is 42.7 Å². The predicted octanol–water partition coefficient (Wildman–Crippen LogP) is 2.34. The summed E-state index contributed by atoms with van der Waals surface area (Å²) in [5.41, 5.74) is 1.05. The largest absolute Gasteiger partial charge is 0.389 e. The van der Waals surface area contributed by atoms with Gasteiger partial charge in [0.15, 0.2) is 0 Å². The highest BCUT2D eigenvalue weighted by Crippen LogP contribution is 2.17. The lowest BCUT2D eigenvalue weighted by Crippen LogP contribution is -2.23. The molecule has 0 fully saturated rings. The Morgan fingerprint density at radius 3 is 2.68 bits per heavy atom. The molecule has 0 saturated carbocycles. The first-order valence-electron chi connectivity index (χ1n) is 6.53. The Morgan fingerprint density at radius 1 is 1.26 bits per heavy atom. The third-order valence-corrected chi connectivity index (χ3v) is 2.78. The zero-order valence-corrected chi connectivity index (χ0v) is 11.4. The van der Waals surface area contributed by atoms with Crippen LogP contribution in [0.4, 0.5) is 0 Å². The molecule has 0 aliphatic rings. The first-order chi connectivity index (χ1) is 9.16. The van der Waals surface area contributed by atoms with Gasteiger partial charge >= 0.3 is 0 Å². The number of rotatable bonds is 6. The zero-order valence-electron chi connectivity index (χ0n) is 11.4. The minimum absolute atomic E-state index is 0.131. The monoisotopic (exact) mass is 260 g/mol. The molecule has 0 amide bonds. The van der Waals surface area contributed by atoms with Crippen LogP contribution >= 0.6 is 0 Å². The van der Waals surface area contributed by atoms with E-state index in [9.17, 15) is 5.11 Å². The molecule has 1 N–H and O–H groups in total. The van der Waals surface area contributed by atoms with Crippen LogP contribution in [0.1, 0.15) is 13.8 Å². The minimum atomic E-state index is -0.529. The van der Waals surface area contributed by atoms with Crippen molar-refractivity contribution in [2.75, 3.05) is 6.61 Å². The van der Waals surface area contributed by atoms with Crippen LogP contribution in [0.25, 0.3) is 11.4 Å². The maximum atomic E-state index is 9.97. The van der Waals surface area contributed by atoms with Crippen LogP contribution in [0.5, 0.6) is 0 Å². The summed E-state index contributed by atoms with van der Waals surface area (Å²) in [4.78, 5) is 4.35. The van der Waals surface area contributed by atoms with Crippen LogP contribution in [-0.2, 0) is 11.3 Å². The Balaban J connectivity index is 2.04. The Kier molecular flexibility index (Phi) is 4.71. The Morgan fingerprint density at radius 2 is 2.00 bits per heavy atom. The van der Waals surface area contributed by atoms with Crippen molar-refractivity contribution in [2.45, 2.75) is 32.6 Å². The van der Waals surface area contributed by atoms with Crippen LogP contribution in [0.3, 0.4) is 0 Å². The molecule has 4 heteroatoms. The lowest BCUT2D eigenvalue weighted by atomic mass is 10.2. The van der Waals surface area contributed by atoms with Gasteiger partial charge in [-0.05, 0) is 13.8 Å². The topological polar surface area (TPSA) is 47.3 Å². The molecule has 2 aromatic rings. The normalized spacial score (nSPS) is 12.8. The van der Waals surface area contributed by atoms with Gasteiger partial charge in [-0.15, -0.1) is 0 Å².